The lowest BCUT2D eigenvalue weighted by atomic mass is 9.94. The van der Waals surface area contributed by atoms with Gasteiger partial charge in [0, 0.05) is 6.54 Å². The second kappa shape index (κ2) is 8.77. The van der Waals surface area contributed by atoms with Crippen LogP contribution in [0.15, 0.2) is 24.3 Å². The Morgan fingerprint density at radius 2 is 1.96 bits per heavy atom. The molecule has 1 amide bonds. The Morgan fingerprint density at radius 1 is 1.30 bits per heavy atom. The summed E-state index contributed by atoms with van der Waals surface area (Å²) in [4.78, 5) is 14.5. The average molecular weight is 320 g/mol. The van der Waals surface area contributed by atoms with Gasteiger partial charge in [-0.05, 0) is 64.4 Å². The van der Waals surface area contributed by atoms with Crippen molar-refractivity contribution in [1.82, 2.24) is 10.2 Å². The minimum absolute atomic E-state index is 0.0798. The van der Waals surface area contributed by atoms with Gasteiger partial charge in [-0.15, -0.1) is 0 Å². The first-order valence-corrected chi connectivity index (χ1v) is 8.36. The number of carbonyl (C=O) groups excluding carboxylic acids is 1. The first-order chi connectivity index (χ1) is 11.1. The molecule has 1 fully saturated rings. The molecule has 1 N–H and O–H groups in total. The third-order valence-electron chi connectivity index (χ3n) is 4.43. The van der Waals surface area contributed by atoms with Gasteiger partial charge in [0.1, 0.15) is 0 Å². The molecule has 0 radical (unpaired) electrons. The van der Waals surface area contributed by atoms with Crippen molar-refractivity contribution < 1.29 is 14.3 Å². The van der Waals surface area contributed by atoms with Crippen molar-refractivity contribution in [3.05, 3.63) is 24.3 Å². The molecular weight excluding hydrogens is 292 g/mol. The van der Waals surface area contributed by atoms with Crippen LogP contribution in [0.2, 0.25) is 0 Å². The predicted molar refractivity (Wildman–Crippen MR) is 90.9 cm³/mol. The van der Waals surface area contributed by atoms with Crippen molar-refractivity contribution in [3.63, 3.8) is 0 Å². The molecule has 23 heavy (non-hydrogen) atoms. The van der Waals surface area contributed by atoms with E-state index in [0.29, 0.717) is 18.0 Å². The van der Waals surface area contributed by atoms with Crippen LogP contribution in [-0.2, 0) is 4.79 Å². The Morgan fingerprint density at radius 3 is 2.61 bits per heavy atom. The minimum atomic E-state index is -0.538. The maximum Gasteiger partial charge on any atom is 0.260 e. The SMILES string of the molecule is COc1ccccc1O[C@@H](C)C(=O)NCCC1CCN(C)CC1. The Bertz CT molecular complexity index is 499. The van der Waals surface area contributed by atoms with Crippen LogP contribution in [0.1, 0.15) is 26.2 Å². The van der Waals surface area contributed by atoms with Crippen molar-refractivity contribution >= 4 is 5.91 Å². The number of rotatable bonds is 7. The number of amides is 1. The second-order valence-corrected chi connectivity index (χ2v) is 6.24. The molecular formula is C18H28N2O3. The maximum absolute atomic E-state index is 12.2. The van der Waals surface area contributed by atoms with E-state index in [1.54, 1.807) is 20.1 Å². The molecule has 2 rings (SSSR count). The third-order valence-corrected chi connectivity index (χ3v) is 4.43. The first-order valence-electron chi connectivity index (χ1n) is 8.36. The molecule has 5 heteroatoms. The van der Waals surface area contributed by atoms with Crippen molar-refractivity contribution in [2.75, 3.05) is 33.8 Å². The van der Waals surface area contributed by atoms with Crippen LogP contribution in [0.3, 0.4) is 0 Å². The number of piperidine rings is 1. The number of methoxy groups -OCH3 is 1. The summed E-state index contributed by atoms with van der Waals surface area (Å²) in [5.41, 5.74) is 0. The lowest BCUT2D eigenvalue weighted by Gasteiger charge is -2.29. The number of nitrogens with one attached hydrogen (secondary N) is 1. The van der Waals surface area contributed by atoms with E-state index in [2.05, 4.69) is 17.3 Å². The van der Waals surface area contributed by atoms with E-state index >= 15 is 0 Å². The fraction of sp³-hybridized carbons (Fsp3) is 0.611. The van der Waals surface area contributed by atoms with Gasteiger partial charge < -0.3 is 19.7 Å². The van der Waals surface area contributed by atoms with E-state index in [4.69, 9.17) is 9.47 Å². The fourth-order valence-electron chi connectivity index (χ4n) is 2.85. The van der Waals surface area contributed by atoms with Crippen molar-refractivity contribution in [2.45, 2.75) is 32.3 Å². The normalized spacial score (nSPS) is 17.5. The summed E-state index contributed by atoms with van der Waals surface area (Å²) in [6.07, 6.45) is 2.95. The number of ether oxygens (including phenoxy) is 2. The largest absolute Gasteiger partial charge is 0.493 e. The Hall–Kier alpha value is -1.75. The molecule has 1 aliphatic rings. The molecule has 5 nitrogen and oxygen atoms in total. The van der Waals surface area contributed by atoms with Gasteiger partial charge in [-0.1, -0.05) is 12.1 Å². The van der Waals surface area contributed by atoms with E-state index in [9.17, 15) is 4.79 Å². The highest BCUT2D eigenvalue weighted by molar-refractivity contribution is 5.80. The number of hydrogen-bond donors (Lipinski definition) is 1. The van der Waals surface area contributed by atoms with Gasteiger partial charge in [0.25, 0.3) is 5.91 Å². The van der Waals surface area contributed by atoms with Gasteiger partial charge >= 0.3 is 0 Å². The molecule has 0 aromatic heterocycles. The quantitative estimate of drug-likeness (QED) is 0.837. The molecule has 1 saturated heterocycles. The molecule has 1 aromatic rings. The average Bonchev–Trinajstić information content (AvgIpc) is 2.57. The van der Waals surface area contributed by atoms with Crippen molar-refractivity contribution in [3.8, 4) is 11.5 Å². The van der Waals surface area contributed by atoms with Crippen molar-refractivity contribution in [1.29, 1.82) is 0 Å². The van der Waals surface area contributed by atoms with Crippen LogP contribution in [-0.4, -0.2) is 50.7 Å². The molecule has 1 aromatic carbocycles. The topological polar surface area (TPSA) is 50.8 Å². The van der Waals surface area contributed by atoms with E-state index in [1.807, 2.05) is 18.2 Å². The summed E-state index contributed by atoms with van der Waals surface area (Å²) in [7, 11) is 3.75. The molecule has 1 aliphatic heterocycles. The van der Waals surface area contributed by atoms with Gasteiger partial charge in [-0.2, -0.15) is 0 Å². The number of carbonyl (C=O) groups is 1. The number of nitrogens with zero attached hydrogens (tertiary/aromatic N) is 1. The van der Waals surface area contributed by atoms with E-state index in [-0.39, 0.29) is 5.91 Å². The highest BCUT2D eigenvalue weighted by Gasteiger charge is 2.19. The van der Waals surface area contributed by atoms with Crippen LogP contribution in [0, 0.1) is 5.92 Å². The van der Waals surface area contributed by atoms with Gasteiger partial charge in [0.2, 0.25) is 0 Å². The zero-order valence-electron chi connectivity index (χ0n) is 14.4. The minimum Gasteiger partial charge on any atom is -0.493 e. The first kappa shape index (κ1) is 17.6. The summed E-state index contributed by atoms with van der Waals surface area (Å²) in [5.74, 6) is 1.87. The number of para-hydroxylation sites is 2. The monoisotopic (exact) mass is 320 g/mol. The fourth-order valence-corrected chi connectivity index (χ4v) is 2.85. The van der Waals surface area contributed by atoms with Crippen LogP contribution < -0.4 is 14.8 Å². The summed E-state index contributed by atoms with van der Waals surface area (Å²) in [5, 5.41) is 2.98. The van der Waals surface area contributed by atoms with Gasteiger partial charge in [-0.25, -0.2) is 0 Å². The lowest BCUT2D eigenvalue weighted by molar-refractivity contribution is -0.127. The molecule has 0 spiro atoms. The Balaban J connectivity index is 1.72. The summed E-state index contributed by atoms with van der Waals surface area (Å²) >= 11 is 0. The zero-order chi connectivity index (χ0) is 16.7. The predicted octanol–water partition coefficient (Wildman–Crippen LogP) is 2.31. The highest BCUT2D eigenvalue weighted by atomic mass is 16.5. The van der Waals surface area contributed by atoms with Crippen molar-refractivity contribution in [2.24, 2.45) is 5.92 Å². The Labute approximate surface area is 139 Å². The van der Waals surface area contributed by atoms with Crippen LogP contribution in [0.5, 0.6) is 11.5 Å². The molecule has 0 bridgehead atoms. The molecule has 128 valence electrons. The molecule has 0 saturated carbocycles. The summed E-state index contributed by atoms with van der Waals surface area (Å²) in [6.45, 7) is 4.79. The van der Waals surface area contributed by atoms with E-state index in [1.165, 1.54) is 12.8 Å². The summed E-state index contributed by atoms with van der Waals surface area (Å²) < 4.78 is 10.9. The van der Waals surface area contributed by atoms with E-state index in [0.717, 1.165) is 25.4 Å². The lowest BCUT2D eigenvalue weighted by Crippen LogP contribution is -2.38. The molecule has 0 aliphatic carbocycles. The maximum atomic E-state index is 12.2. The third kappa shape index (κ3) is 5.43. The summed E-state index contributed by atoms with van der Waals surface area (Å²) in [6, 6.07) is 7.36. The molecule has 1 heterocycles. The van der Waals surface area contributed by atoms with E-state index < -0.39 is 6.10 Å². The molecule has 0 unspecified atom stereocenters. The van der Waals surface area contributed by atoms with Crippen LogP contribution in [0.4, 0.5) is 0 Å². The van der Waals surface area contributed by atoms with Gasteiger partial charge in [0.05, 0.1) is 7.11 Å². The molecule has 1 atom stereocenters. The van der Waals surface area contributed by atoms with Gasteiger partial charge in [-0.3, -0.25) is 4.79 Å². The van der Waals surface area contributed by atoms with Crippen LogP contribution in [0.25, 0.3) is 0 Å². The highest BCUT2D eigenvalue weighted by Crippen LogP contribution is 2.26. The second-order valence-electron chi connectivity index (χ2n) is 6.24. The van der Waals surface area contributed by atoms with Gasteiger partial charge in [0.15, 0.2) is 17.6 Å². The number of benzene rings is 1. The standard InChI is InChI=1S/C18H28N2O3/c1-14(23-17-7-5-4-6-16(17)22-3)18(21)19-11-8-15-9-12-20(2)13-10-15/h4-7,14-15H,8-13H2,1-3H3,(H,19,21)/t14-/m0/s1. The zero-order valence-corrected chi connectivity index (χ0v) is 14.4. The van der Waals surface area contributed by atoms with Crippen LogP contribution >= 0.6 is 0 Å². The Kier molecular flexibility index (Phi) is 6.71. The smallest absolute Gasteiger partial charge is 0.260 e. The number of hydrogen-bond acceptors (Lipinski definition) is 4. The number of likely N-dealkylation sites (tertiary alicyclic amines) is 1.